The number of benzene rings is 2. The molecular formula is C17H21NO3. The van der Waals surface area contributed by atoms with Gasteiger partial charge in [0.25, 0.3) is 0 Å². The minimum atomic E-state index is 0.470. The highest BCUT2D eigenvalue weighted by Crippen LogP contribution is 2.21. The van der Waals surface area contributed by atoms with E-state index in [4.69, 9.17) is 19.9 Å². The molecule has 0 saturated heterocycles. The van der Waals surface area contributed by atoms with Gasteiger partial charge in [-0.05, 0) is 49.7 Å². The van der Waals surface area contributed by atoms with E-state index in [9.17, 15) is 0 Å². The lowest BCUT2D eigenvalue weighted by Gasteiger charge is -2.11. The van der Waals surface area contributed by atoms with Gasteiger partial charge in [0.1, 0.15) is 30.5 Å². The van der Waals surface area contributed by atoms with Crippen molar-refractivity contribution in [3.8, 4) is 17.2 Å². The zero-order valence-corrected chi connectivity index (χ0v) is 12.5. The van der Waals surface area contributed by atoms with Crippen LogP contribution in [0.5, 0.6) is 17.2 Å². The van der Waals surface area contributed by atoms with Gasteiger partial charge in [-0.1, -0.05) is 6.07 Å². The van der Waals surface area contributed by atoms with Crippen LogP contribution >= 0.6 is 0 Å². The van der Waals surface area contributed by atoms with Crippen LogP contribution in [-0.4, -0.2) is 19.8 Å². The van der Waals surface area contributed by atoms with Gasteiger partial charge in [-0.2, -0.15) is 0 Å². The Hall–Kier alpha value is -2.36. The van der Waals surface area contributed by atoms with Crippen LogP contribution in [0.2, 0.25) is 0 Å². The maximum absolute atomic E-state index is 5.74. The Kier molecular flexibility index (Phi) is 5.32. The molecule has 0 spiro atoms. The lowest BCUT2D eigenvalue weighted by atomic mass is 10.2. The van der Waals surface area contributed by atoms with Crippen molar-refractivity contribution >= 4 is 5.69 Å². The molecule has 2 aromatic rings. The molecule has 0 amide bonds. The second-order valence-electron chi connectivity index (χ2n) is 4.63. The summed E-state index contributed by atoms with van der Waals surface area (Å²) in [6.07, 6.45) is 0. The van der Waals surface area contributed by atoms with Gasteiger partial charge in [0.05, 0.1) is 6.61 Å². The molecule has 0 aliphatic rings. The summed E-state index contributed by atoms with van der Waals surface area (Å²) in [5.41, 5.74) is 7.50. The van der Waals surface area contributed by atoms with Crippen molar-refractivity contribution in [3.05, 3.63) is 48.0 Å². The molecule has 0 aromatic heterocycles. The van der Waals surface area contributed by atoms with Gasteiger partial charge < -0.3 is 19.9 Å². The second kappa shape index (κ2) is 7.43. The smallest absolute Gasteiger partial charge is 0.124 e. The largest absolute Gasteiger partial charge is 0.494 e. The molecule has 21 heavy (non-hydrogen) atoms. The summed E-state index contributed by atoms with van der Waals surface area (Å²) in [6, 6.07) is 13.2. The molecule has 0 saturated carbocycles. The third-order valence-corrected chi connectivity index (χ3v) is 2.96. The SMILES string of the molecule is CCOc1ccc(OCCOc2cc(N)ccc2C)cc1. The first-order chi connectivity index (χ1) is 10.2. The molecule has 2 N–H and O–H groups in total. The predicted octanol–water partition coefficient (Wildman–Crippen LogP) is 3.43. The average molecular weight is 287 g/mol. The number of nitrogen functional groups attached to an aromatic ring is 1. The highest BCUT2D eigenvalue weighted by atomic mass is 16.5. The van der Waals surface area contributed by atoms with Crippen molar-refractivity contribution in [2.24, 2.45) is 0 Å². The Morgan fingerprint density at radius 1 is 0.857 bits per heavy atom. The molecule has 0 fully saturated rings. The summed E-state index contributed by atoms with van der Waals surface area (Å²) in [4.78, 5) is 0. The Morgan fingerprint density at radius 2 is 1.48 bits per heavy atom. The van der Waals surface area contributed by atoms with Gasteiger partial charge in [-0.25, -0.2) is 0 Å². The summed E-state index contributed by atoms with van der Waals surface area (Å²) in [5, 5.41) is 0. The van der Waals surface area contributed by atoms with E-state index in [2.05, 4.69) is 0 Å². The van der Waals surface area contributed by atoms with Crippen molar-refractivity contribution in [2.45, 2.75) is 13.8 Å². The number of anilines is 1. The number of nitrogens with two attached hydrogens (primary N) is 1. The van der Waals surface area contributed by atoms with Gasteiger partial charge in [-0.15, -0.1) is 0 Å². The normalized spacial score (nSPS) is 10.2. The van der Waals surface area contributed by atoms with E-state index < -0.39 is 0 Å². The molecule has 2 aromatic carbocycles. The van der Waals surface area contributed by atoms with Gasteiger partial charge in [0.15, 0.2) is 0 Å². The van der Waals surface area contributed by atoms with E-state index in [-0.39, 0.29) is 0 Å². The zero-order chi connectivity index (χ0) is 15.1. The quantitative estimate of drug-likeness (QED) is 0.626. The standard InChI is InChI=1S/C17H21NO3/c1-3-19-15-6-8-16(9-7-15)20-10-11-21-17-12-14(18)5-4-13(17)2/h4-9,12H,3,10-11,18H2,1-2H3. The molecule has 0 radical (unpaired) electrons. The Balaban J connectivity index is 1.77. The molecule has 112 valence electrons. The van der Waals surface area contributed by atoms with Gasteiger partial charge in [0, 0.05) is 11.8 Å². The topological polar surface area (TPSA) is 53.7 Å². The van der Waals surface area contributed by atoms with Crippen LogP contribution in [-0.2, 0) is 0 Å². The number of ether oxygens (including phenoxy) is 3. The number of aryl methyl sites for hydroxylation is 1. The summed E-state index contributed by atoms with van der Waals surface area (Å²) >= 11 is 0. The maximum atomic E-state index is 5.74. The van der Waals surface area contributed by atoms with Crippen LogP contribution < -0.4 is 19.9 Å². The van der Waals surface area contributed by atoms with E-state index in [0.717, 1.165) is 22.8 Å². The summed E-state index contributed by atoms with van der Waals surface area (Å²) < 4.78 is 16.7. The number of hydrogen-bond donors (Lipinski definition) is 1. The number of rotatable bonds is 7. The van der Waals surface area contributed by atoms with Gasteiger partial charge >= 0.3 is 0 Å². The van der Waals surface area contributed by atoms with Crippen molar-refractivity contribution in [3.63, 3.8) is 0 Å². The van der Waals surface area contributed by atoms with E-state index in [1.54, 1.807) is 0 Å². The predicted molar refractivity (Wildman–Crippen MR) is 84.2 cm³/mol. The molecule has 0 bridgehead atoms. The highest BCUT2D eigenvalue weighted by Gasteiger charge is 2.01. The minimum absolute atomic E-state index is 0.470. The van der Waals surface area contributed by atoms with E-state index in [1.165, 1.54) is 0 Å². The molecule has 0 aliphatic heterocycles. The van der Waals surface area contributed by atoms with Crippen molar-refractivity contribution in [2.75, 3.05) is 25.6 Å². The summed E-state index contributed by atoms with van der Waals surface area (Å²) in [7, 11) is 0. The molecule has 0 aliphatic carbocycles. The van der Waals surface area contributed by atoms with Crippen LogP contribution in [0.15, 0.2) is 42.5 Å². The van der Waals surface area contributed by atoms with Crippen LogP contribution in [0.25, 0.3) is 0 Å². The summed E-state index contributed by atoms with van der Waals surface area (Å²) in [6.45, 7) is 5.55. The Labute approximate surface area is 125 Å². The molecule has 4 heteroatoms. The van der Waals surface area contributed by atoms with Crippen LogP contribution in [0, 0.1) is 6.92 Å². The minimum Gasteiger partial charge on any atom is -0.494 e. The van der Waals surface area contributed by atoms with Crippen molar-refractivity contribution in [1.82, 2.24) is 0 Å². The van der Waals surface area contributed by atoms with Crippen LogP contribution in [0.4, 0.5) is 5.69 Å². The lowest BCUT2D eigenvalue weighted by Crippen LogP contribution is -2.09. The lowest BCUT2D eigenvalue weighted by molar-refractivity contribution is 0.216. The molecule has 0 atom stereocenters. The number of hydrogen-bond acceptors (Lipinski definition) is 4. The van der Waals surface area contributed by atoms with Crippen LogP contribution in [0.1, 0.15) is 12.5 Å². The van der Waals surface area contributed by atoms with Crippen molar-refractivity contribution < 1.29 is 14.2 Å². The fraction of sp³-hybridized carbons (Fsp3) is 0.294. The maximum Gasteiger partial charge on any atom is 0.124 e. The van der Waals surface area contributed by atoms with Crippen molar-refractivity contribution in [1.29, 1.82) is 0 Å². The highest BCUT2D eigenvalue weighted by molar-refractivity contribution is 5.47. The Morgan fingerprint density at radius 3 is 2.14 bits per heavy atom. The molecular weight excluding hydrogens is 266 g/mol. The average Bonchev–Trinajstić information content (AvgIpc) is 2.49. The first-order valence-corrected chi connectivity index (χ1v) is 7.03. The van der Waals surface area contributed by atoms with E-state index in [1.807, 2.05) is 56.3 Å². The third kappa shape index (κ3) is 4.60. The van der Waals surface area contributed by atoms with E-state index in [0.29, 0.717) is 25.5 Å². The second-order valence-corrected chi connectivity index (χ2v) is 4.63. The first kappa shape index (κ1) is 15.0. The third-order valence-electron chi connectivity index (χ3n) is 2.96. The van der Waals surface area contributed by atoms with Gasteiger partial charge in [-0.3, -0.25) is 0 Å². The fourth-order valence-corrected chi connectivity index (χ4v) is 1.88. The van der Waals surface area contributed by atoms with Crippen LogP contribution in [0.3, 0.4) is 0 Å². The first-order valence-electron chi connectivity index (χ1n) is 7.03. The Bertz CT molecular complexity index is 567. The van der Waals surface area contributed by atoms with Gasteiger partial charge in [0.2, 0.25) is 0 Å². The molecule has 0 unspecified atom stereocenters. The fourth-order valence-electron chi connectivity index (χ4n) is 1.88. The van der Waals surface area contributed by atoms with E-state index >= 15 is 0 Å². The molecule has 0 heterocycles. The molecule has 2 rings (SSSR count). The monoisotopic (exact) mass is 287 g/mol. The summed E-state index contributed by atoms with van der Waals surface area (Å²) in [5.74, 6) is 2.44. The zero-order valence-electron chi connectivity index (χ0n) is 12.5. The molecule has 4 nitrogen and oxygen atoms in total.